The zero-order valence-electron chi connectivity index (χ0n) is 12.9. The molecule has 0 bridgehead atoms. The molecule has 2 aromatic carbocycles. The topological polar surface area (TPSA) is 43.1 Å². The second-order valence-electron chi connectivity index (χ2n) is 5.00. The van der Waals surface area contributed by atoms with E-state index in [1.54, 1.807) is 40.9 Å². The Hall–Kier alpha value is -1.82. The molecular formula is C17H14Cl2N4S. The van der Waals surface area contributed by atoms with Crippen LogP contribution in [0.15, 0.2) is 58.8 Å². The minimum atomic E-state index is 0.551. The van der Waals surface area contributed by atoms with Gasteiger partial charge in [-0.15, -0.1) is 10.2 Å². The smallest absolute Gasteiger partial charge is 0.192 e. The van der Waals surface area contributed by atoms with E-state index in [9.17, 15) is 0 Å². The molecule has 0 saturated carbocycles. The molecule has 4 nitrogen and oxygen atoms in total. The number of aromatic nitrogens is 3. The highest BCUT2D eigenvalue weighted by Gasteiger charge is 2.09. The van der Waals surface area contributed by atoms with E-state index in [0.29, 0.717) is 21.4 Å². The lowest BCUT2D eigenvalue weighted by Gasteiger charge is -2.04. The first-order chi connectivity index (χ1) is 11.6. The normalized spacial score (nSPS) is 11.3. The predicted molar refractivity (Wildman–Crippen MR) is 100 cm³/mol. The number of benzene rings is 2. The molecule has 1 aromatic heterocycles. The summed E-state index contributed by atoms with van der Waals surface area (Å²) in [7, 11) is 0. The van der Waals surface area contributed by atoms with E-state index in [-0.39, 0.29) is 0 Å². The summed E-state index contributed by atoms with van der Waals surface area (Å²) >= 11 is 13.9. The first-order valence-corrected chi connectivity index (χ1v) is 8.96. The Kier molecular flexibility index (Phi) is 5.56. The average Bonchev–Trinajstić information content (AvgIpc) is 2.94. The third-order valence-electron chi connectivity index (χ3n) is 3.28. The van der Waals surface area contributed by atoms with Crippen LogP contribution in [0, 0.1) is 6.92 Å². The second-order valence-corrected chi connectivity index (χ2v) is 6.75. The summed E-state index contributed by atoms with van der Waals surface area (Å²) in [6.45, 7) is 1.85. The minimum Gasteiger partial charge on any atom is -0.192 e. The Morgan fingerprint density at radius 2 is 1.75 bits per heavy atom. The summed E-state index contributed by atoms with van der Waals surface area (Å²) in [6, 6.07) is 15.5. The summed E-state index contributed by atoms with van der Waals surface area (Å²) in [5.74, 6) is 1.49. The van der Waals surface area contributed by atoms with E-state index >= 15 is 0 Å². The zero-order valence-corrected chi connectivity index (χ0v) is 15.2. The second kappa shape index (κ2) is 7.83. The quantitative estimate of drug-likeness (QED) is 0.461. The van der Waals surface area contributed by atoms with Crippen molar-refractivity contribution >= 4 is 41.2 Å². The van der Waals surface area contributed by atoms with Crippen LogP contribution in [0.3, 0.4) is 0 Å². The molecule has 0 saturated heterocycles. The summed E-state index contributed by atoms with van der Waals surface area (Å²) in [4.78, 5) is 0. The third-order valence-corrected chi connectivity index (χ3v) is 4.93. The molecule has 3 rings (SSSR count). The molecule has 0 fully saturated rings. The molecule has 0 atom stereocenters. The Morgan fingerprint density at radius 1 is 1.04 bits per heavy atom. The summed E-state index contributed by atoms with van der Waals surface area (Å²) < 4.78 is 1.69. The maximum atomic E-state index is 6.17. The van der Waals surface area contributed by atoms with Gasteiger partial charge in [-0.1, -0.05) is 71.4 Å². The maximum absolute atomic E-state index is 6.17. The molecule has 122 valence electrons. The van der Waals surface area contributed by atoms with Gasteiger partial charge < -0.3 is 0 Å². The van der Waals surface area contributed by atoms with E-state index in [0.717, 1.165) is 10.9 Å². The number of rotatable bonds is 5. The van der Waals surface area contributed by atoms with E-state index in [4.69, 9.17) is 23.2 Å². The minimum absolute atomic E-state index is 0.551. The first kappa shape index (κ1) is 17.0. The van der Waals surface area contributed by atoms with Crippen molar-refractivity contribution in [2.45, 2.75) is 17.8 Å². The lowest BCUT2D eigenvalue weighted by molar-refractivity contribution is 0.744. The van der Waals surface area contributed by atoms with Crippen molar-refractivity contribution in [1.29, 1.82) is 0 Å². The molecule has 7 heteroatoms. The van der Waals surface area contributed by atoms with Gasteiger partial charge in [-0.05, 0) is 24.6 Å². The number of nitrogens with zero attached hydrogens (tertiary/aromatic N) is 4. The fourth-order valence-corrected chi connectivity index (χ4v) is 3.42. The molecule has 0 spiro atoms. The van der Waals surface area contributed by atoms with Crippen molar-refractivity contribution in [3.8, 4) is 0 Å². The monoisotopic (exact) mass is 376 g/mol. The van der Waals surface area contributed by atoms with Crippen LogP contribution in [0.2, 0.25) is 10.0 Å². The van der Waals surface area contributed by atoms with Crippen LogP contribution >= 0.6 is 35.0 Å². The van der Waals surface area contributed by atoms with Crippen LogP contribution in [-0.2, 0) is 5.75 Å². The number of thioether (sulfide) groups is 1. The van der Waals surface area contributed by atoms with Gasteiger partial charge in [0, 0.05) is 11.3 Å². The van der Waals surface area contributed by atoms with Crippen LogP contribution in [0.5, 0.6) is 0 Å². The molecule has 0 amide bonds. The molecule has 1 heterocycles. The van der Waals surface area contributed by atoms with Crippen LogP contribution in [-0.4, -0.2) is 21.1 Å². The molecule has 0 aliphatic heterocycles. The Morgan fingerprint density at radius 3 is 2.46 bits per heavy atom. The molecule has 0 aliphatic carbocycles. The van der Waals surface area contributed by atoms with Crippen molar-refractivity contribution in [3.05, 3.63) is 75.5 Å². The zero-order chi connectivity index (χ0) is 16.9. The van der Waals surface area contributed by atoms with Gasteiger partial charge in [-0.2, -0.15) is 9.78 Å². The largest absolute Gasteiger partial charge is 0.212 e. The van der Waals surface area contributed by atoms with Crippen molar-refractivity contribution in [1.82, 2.24) is 14.9 Å². The van der Waals surface area contributed by atoms with Crippen molar-refractivity contribution in [2.24, 2.45) is 5.10 Å². The third kappa shape index (κ3) is 3.98. The standard InChI is InChI=1S/C17H14Cl2N4S/c1-12-21-22-17(24-11-13-6-3-2-4-7-13)23(12)20-10-14-15(18)8-5-9-16(14)19/h2-10H,11H2,1H3. The lowest BCUT2D eigenvalue weighted by atomic mass is 10.2. The van der Waals surface area contributed by atoms with Crippen molar-refractivity contribution < 1.29 is 0 Å². The fraction of sp³-hybridized carbons (Fsp3) is 0.118. The number of halogens is 2. The van der Waals surface area contributed by atoms with Gasteiger partial charge in [-0.3, -0.25) is 0 Å². The fourth-order valence-electron chi connectivity index (χ4n) is 2.03. The van der Waals surface area contributed by atoms with E-state index < -0.39 is 0 Å². The molecular weight excluding hydrogens is 363 g/mol. The van der Waals surface area contributed by atoms with Gasteiger partial charge in [0.25, 0.3) is 0 Å². The molecule has 0 aliphatic rings. The molecule has 3 aromatic rings. The first-order valence-electron chi connectivity index (χ1n) is 7.22. The molecule has 24 heavy (non-hydrogen) atoms. The Bertz CT molecular complexity index is 842. The summed E-state index contributed by atoms with van der Waals surface area (Å²) in [5, 5.41) is 14.6. The van der Waals surface area contributed by atoms with Crippen molar-refractivity contribution in [2.75, 3.05) is 0 Å². The van der Waals surface area contributed by atoms with E-state index in [1.165, 1.54) is 5.56 Å². The van der Waals surface area contributed by atoms with E-state index in [2.05, 4.69) is 27.4 Å². The highest BCUT2D eigenvalue weighted by atomic mass is 35.5. The van der Waals surface area contributed by atoms with Crippen molar-refractivity contribution in [3.63, 3.8) is 0 Å². The van der Waals surface area contributed by atoms with Gasteiger partial charge in [0.2, 0.25) is 5.16 Å². The SMILES string of the molecule is Cc1nnc(SCc2ccccc2)n1N=Cc1c(Cl)cccc1Cl. The highest BCUT2D eigenvalue weighted by Crippen LogP contribution is 2.24. The molecule has 0 radical (unpaired) electrons. The maximum Gasteiger partial charge on any atom is 0.212 e. The lowest BCUT2D eigenvalue weighted by Crippen LogP contribution is -1.97. The number of aryl methyl sites for hydroxylation is 1. The number of hydrogen-bond acceptors (Lipinski definition) is 4. The highest BCUT2D eigenvalue weighted by molar-refractivity contribution is 7.98. The van der Waals surface area contributed by atoms with Crippen LogP contribution < -0.4 is 0 Å². The molecule has 0 N–H and O–H groups in total. The van der Waals surface area contributed by atoms with Gasteiger partial charge in [0.15, 0.2) is 5.82 Å². The van der Waals surface area contributed by atoms with Gasteiger partial charge >= 0.3 is 0 Å². The molecule has 0 unspecified atom stereocenters. The predicted octanol–water partition coefficient (Wildman–Crippen LogP) is 5.07. The van der Waals surface area contributed by atoms with Gasteiger partial charge in [0.1, 0.15) is 0 Å². The number of hydrogen-bond donors (Lipinski definition) is 0. The van der Waals surface area contributed by atoms with Crippen LogP contribution in [0.1, 0.15) is 17.0 Å². The Labute approximate surface area is 154 Å². The van der Waals surface area contributed by atoms with Crippen LogP contribution in [0.25, 0.3) is 0 Å². The summed E-state index contributed by atoms with van der Waals surface area (Å²) in [5.41, 5.74) is 1.89. The Balaban J connectivity index is 1.81. The summed E-state index contributed by atoms with van der Waals surface area (Å²) in [6.07, 6.45) is 1.63. The average molecular weight is 377 g/mol. The van der Waals surface area contributed by atoms with E-state index in [1.807, 2.05) is 25.1 Å². The van der Waals surface area contributed by atoms with Crippen LogP contribution in [0.4, 0.5) is 0 Å². The van der Waals surface area contributed by atoms with Gasteiger partial charge in [0.05, 0.1) is 16.3 Å². The van der Waals surface area contributed by atoms with Gasteiger partial charge in [-0.25, -0.2) is 0 Å².